The van der Waals surface area contributed by atoms with Crippen LogP contribution < -0.4 is 10.0 Å². The summed E-state index contributed by atoms with van der Waals surface area (Å²) in [6.07, 6.45) is 4.76. The molecule has 2 aliphatic heterocycles. The summed E-state index contributed by atoms with van der Waals surface area (Å²) in [4.78, 5) is 0. The van der Waals surface area contributed by atoms with Crippen LogP contribution in [0.25, 0.3) is 0 Å². The van der Waals surface area contributed by atoms with Gasteiger partial charge in [-0.1, -0.05) is 20.3 Å². The molecular formula is C14H29N3O3S. The van der Waals surface area contributed by atoms with Crippen LogP contribution in [-0.4, -0.2) is 57.2 Å². The van der Waals surface area contributed by atoms with Crippen LogP contribution >= 0.6 is 0 Å². The van der Waals surface area contributed by atoms with Gasteiger partial charge in [0.15, 0.2) is 0 Å². The first kappa shape index (κ1) is 17.1. The minimum absolute atomic E-state index is 0.0585. The van der Waals surface area contributed by atoms with E-state index in [1.54, 1.807) is 4.31 Å². The van der Waals surface area contributed by atoms with Crippen LogP contribution in [0.1, 0.15) is 46.0 Å². The number of nitrogens with one attached hydrogen (secondary N) is 2. The van der Waals surface area contributed by atoms with Crippen LogP contribution in [0.4, 0.5) is 0 Å². The smallest absolute Gasteiger partial charge is 0.280 e. The highest BCUT2D eigenvalue weighted by molar-refractivity contribution is 7.87. The molecule has 2 unspecified atom stereocenters. The molecular weight excluding hydrogens is 290 g/mol. The quantitative estimate of drug-likeness (QED) is 0.761. The highest BCUT2D eigenvalue weighted by Gasteiger charge is 2.33. The molecule has 6 nitrogen and oxygen atoms in total. The van der Waals surface area contributed by atoms with Crippen molar-refractivity contribution in [2.24, 2.45) is 0 Å². The van der Waals surface area contributed by atoms with Crippen molar-refractivity contribution in [3.8, 4) is 0 Å². The van der Waals surface area contributed by atoms with E-state index in [1.807, 2.05) is 0 Å². The Morgan fingerprint density at radius 1 is 1.24 bits per heavy atom. The third-order valence-corrected chi connectivity index (χ3v) is 5.85. The van der Waals surface area contributed by atoms with Crippen LogP contribution in [0.15, 0.2) is 0 Å². The summed E-state index contributed by atoms with van der Waals surface area (Å²) in [5, 5.41) is 3.36. The molecule has 2 rings (SSSR count). The maximum Gasteiger partial charge on any atom is 0.280 e. The Bertz CT molecular complexity index is 408. The van der Waals surface area contributed by atoms with Crippen LogP contribution in [0.3, 0.4) is 0 Å². The predicted octanol–water partition coefficient (Wildman–Crippen LogP) is 0.852. The van der Waals surface area contributed by atoms with Gasteiger partial charge < -0.3 is 10.1 Å². The second kappa shape index (κ2) is 7.87. The maximum absolute atomic E-state index is 12.6. The SMILES string of the molecule is CC(C)NCC1CCCCN1S(=O)(=O)NC1CCCOC1. The van der Waals surface area contributed by atoms with Gasteiger partial charge in [-0.3, -0.25) is 0 Å². The van der Waals surface area contributed by atoms with Gasteiger partial charge in [0.05, 0.1) is 6.61 Å². The van der Waals surface area contributed by atoms with E-state index in [4.69, 9.17) is 4.74 Å². The van der Waals surface area contributed by atoms with Gasteiger partial charge in [-0.05, 0) is 25.7 Å². The molecule has 2 saturated heterocycles. The Kier molecular flexibility index (Phi) is 6.43. The largest absolute Gasteiger partial charge is 0.380 e. The van der Waals surface area contributed by atoms with E-state index in [0.717, 1.165) is 45.3 Å². The number of hydrogen-bond acceptors (Lipinski definition) is 4. The van der Waals surface area contributed by atoms with Crippen molar-refractivity contribution in [2.75, 3.05) is 26.3 Å². The molecule has 21 heavy (non-hydrogen) atoms. The highest BCUT2D eigenvalue weighted by atomic mass is 32.2. The monoisotopic (exact) mass is 319 g/mol. The van der Waals surface area contributed by atoms with Gasteiger partial charge in [0.25, 0.3) is 10.2 Å². The van der Waals surface area contributed by atoms with Gasteiger partial charge in [-0.25, -0.2) is 0 Å². The molecule has 124 valence electrons. The third kappa shape index (κ3) is 5.17. The average Bonchev–Trinajstić information content (AvgIpc) is 2.46. The molecule has 0 saturated carbocycles. The van der Waals surface area contributed by atoms with E-state index >= 15 is 0 Å². The summed E-state index contributed by atoms with van der Waals surface area (Å²) < 4.78 is 35.1. The Balaban J connectivity index is 1.97. The molecule has 2 atom stereocenters. The van der Waals surface area contributed by atoms with Crippen molar-refractivity contribution in [3.05, 3.63) is 0 Å². The average molecular weight is 319 g/mol. The van der Waals surface area contributed by atoms with Crippen LogP contribution in [0, 0.1) is 0 Å². The van der Waals surface area contributed by atoms with Gasteiger partial charge in [-0.2, -0.15) is 17.4 Å². The predicted molar refractivity (Wildman–Crippen MR) is 83.4 cm³/mol. The summed E-state index contributed by atoms with van der Waals surface area (Å²) in [5.74, 6) is 0. The lowest BCUT2D eigenvalue weighted by molar-refractivity contribution is 0.0764. The van der Waals surface area contributed by atoms with Gasteiger partial charge in [0.2, 0.25) is 0 Å². The van der Waals surface area contributed by atoms with Gasteiger partial charge in [-0.15, -0.1) is 0 Å². The van der Waals surface area contributed by atoms with E-state index in [1.165, 1.54) is 0 Å². The molecule has 0 aromatic rings. The summed E-state index contributed by atoms with van der Waals surface area (Å²) >= 11 is 0. The zero-order valence-electron chi connectivity index (χ0n) is 13.2. The molecule has 0 spiro atoms. The molecule has 2 fully saturated rings. The van der Waals surface area contributed by atoms with Crippen LogP contribution in [0.2, 0.25) is 0 Å². The molecule has 2 N–H and O–H groups in total. The van der Waals surface area contributed by atoms with Gasteiger partial charge in [0.1, 0.15) is 0 Å². The number of ether oxygens (including phenoxy) is 1. The summed E-state index contributed by atoms with van der Waals surface area (Å²) in [5.41, 5.74) is 0. The molecule has 7 heteroatoms. The minimum atomic E-state index is -3.42. The topological polar surface area (TPSA) is 70.7 Å². The first-order valence-corrected chi connectivity index (χ1v) is 9.53. The van der Waals surface area contributed by atoms with Crippen molar-refractivity contribution < 1.29 is 13.2 Å². The lowest BCUT2D eigenvalue weighted by atomic mass is 10.0. The van der Waals surface area contributed by atoms with E-state index in [0.29, 0.717) is 19.2 Å². The fourth-order valence-corrected chi connectivity index (χ4v) is 4.66. The minimum Gasteiger partial charge on any atom is -0.380 e. The van der Waals surface area contributed by atoms with Crippen molar-refractivity contribution in [1.82, 2.24) is 14.3 Å². The standard InChI is InChI=1S/C14H29N3O3S/c1-12(2)15-10-14-7-3-4-8-17(14)21(18,19)16-13-6-5-9-20-11-13/h12-16H,3-11H2,1-2H3. The lowest BCUT2D eigenvalue weighted by Gasteiger charge is -2.36. The van der Waals surface area contributed by atoms with Gasteiger partial charge >= 0.3 is 0 Å². The molecule has 0 aliphatic carbocycles. The first-order chi connectivity index (χ1) is 9.99. The Labute approximate surface area is 128 Å². The number of piperidine rings is 1. The van der Waals surface area contributed by atoms with Gasteiger partial charge in [0, 0.05) is 37.8 Å². The maximum atomic E-state index is 12.6. The fourth-order valence-electron chi connectivity index (χ4n) is 2.98. The molecule has 0 radical (unpaired) electrons. The molecule has 2 aliphatic rings. The van der Waals surface area contributed by atoms with Crippen LogP contribution in [-0.2, 0) is 14.9 Å². The Morgan fingerprint density at radius 3 is 2.71 bits per heavy atom. The number of nitrogens with zero attached hydrogens (tertiary/aromatic N) is 1. The fraction of sp³-hybridized carbons (Fsp3) is 1.00. The summed E-state index contributed by atoms with van der Waals surface area (Å²) in [6, 6.07) is 0.351. The van der Waals surface area contributed by atoms with Crippen molar-refractivity contribution in [3.63, 3.8) is 0 Å². The zero-order valence-corrected chi connectivity index (χ0v) is 14.0. The van der Waals surface area contributed by atoms with E-state index in [9.17, 15) is 8.42 Å². The lowest BCUT2D eigenvalue weighted by Crippen LogP contribution is -2.55. The van der Waals surface area contributed by atoms with Crippen molar-refractivity contribution >= 4 is 10.2 Å². The van der Waals surface area contributed by atoms with Crippen molar-refractivity contribution in [2.45, 2.75) is 64.1 Å². The molecule has 2 heterocycles. The Hall–Kier alpha value is -0.210. The molecule has 0 aromatic carbocycles. The van der Waals surface area contributed by atoms with E-state index < -0.39 is 10.2 Å². The number of hydrogen-bond donors (Lipinski definition) is 2. The zero-order chi connectivity index (χ0) is 15.3. The second-order valence-corrected chi connectivity index (χ2v) is 8.02. The third-order valence-electron chi connectivity index (χ3n) is 4.12. The molecule has 0 amide bonds. The Morgan fingerprint density at radius 2 is 2.05 bits per heavy atom. The summed E-state index contributed by atoms with van der Waals surface area (Å²) in [6.45, 7) is 6.73. The normalized spacial score (nSPS) is 28.9. The second-order valence-electron chi connectivity index (χ2n) is 6.36. The molecule has 0 aromatic heterocycles. The first-order valence-electron chi connectivity index (χ1n) is 8.09. The van der Waals surface area contributed by atoms with Crippen molar-refractivity contribution in [1.29, 1.82) is 0 Å². The number of rotatable bonds is 6. The van der Waals surface area contributed by atoms with Crippen LogP contribution in [0.5, 0.6) is 0 Å². The molecule has 0 bridgehead atoms. The van der Waals surface area contributed by atoms with E-state index in [-0.39, 0.29) is 12.1 Å². The van der Waals surface area contributed by atoms with E-state index in [2.05, 4.69) is 23.9 Å². The summed E-state index contributed by atoms with van der Waals surface area (Å²) in [7, 11) is -3.42. The highest BCUT2D eigenvalue weighted by Crippen LogP contribution is 2.20.